The highest BCUT2D eigenvalue weighted by atomic mass is 35.5. The van der Waals surface area contributed by atoms with Crippen molar-refractivity contribution in [3.05, 3.63) is 107 Å². The van der Waals surface area contributed by atoms with Gasteiger partial charge in [-0.15, -0.1) is 0 Å². The molecule has 0 spiro atoms. The molecular formula is C31H33ClN4O2. The highest BCUT2D eigenvalue weighted by Gasteiger charge is 2.34. The first-order valence-corrected chi connectivity index (χ1v) is 13.5. The average molecular weight is 529 g/mol. The molecule has 1 aromatic heterocycles. The van der Waals surface area contributed by atoms with Crippen LogP contribution in [0.25, 0.3) is 10.9 Å². The van der Waals surface area contributed by atoms with Crippen LogP contribution in [-0.2, 0) is 16.1 Å². The number of piperidine rings is 1. The van der Waals surface area contributed by atoms with Gasteiger partial charge < -0.3 is 10.3 Å². The van der Waals surface area contributed by atoms with Crippen LogP contribution in [0.3, 0.4) is 0 Å². The fraction of sp³-hybridized carbons (Fsp3) is 0.290. The third kappa shape index (κ3) is 5.83. The van der Waals surface area contributed by atoms with Crippen LogP contribution in [0.4, 0.5) is 0 Å². The molecule has 2 unspecified atom stereocenters. The summed E-state index contributed by atoms with van der Waals surface area (Å²) >= 11 is 6.52. The third-order valence-corrected chi connectivity index (χ3v) is 7.83. The van der Waals surface area contributed by atoms with E-state index in [0.29, 0.717) is 12.5 Å². The van der Waals surface area contributed by atoms with Crippen molar-refractivity contribution in [3.63, 3.8) is 0 Å². The van der Waals surface area contributed by atoms with Crippen LogP contribution >= 0.6 is 11.6 Å². The van der Waals surface area contributed by atoms with Gasteiger partial charge in [-0.1, -0.05) is 78.3 Å². The Morgan fingerprint density at radius 1 is 0.921 bits per heavy atom. The highest BCUT2D eigenvalue weighted by Crippen LogP contribution is 2.42. The molecule has 5 rings (SSSR count). The lowest BCUT2D eigenvalue weighted by Gasteiger charge is -2.38. The van der Waals surface area contributed by atoms with Crippen molar-refractivity contribution in [2.75, 3.05) is 26.2 Å². The smallest absolute Gasteiger partial charge is 0.240 e. The molecular weight excluding hydrogens is 496 g/mol. The average Bonchev–Trinajstić information content (AvgIpc) is 3.29. The summed E-state index contributed by atoms with van der Waals surface area (Å²) in [7, 11) is 0. The van der Waals surface area contributed by atoms with Gasteiger partial charge in [-0.3, -0.25) is 19.8 Å². The lowest BCUT2D eigenvalue weighted by atomic mass is 9.76. The summed E-state index contributed by atoms with van der Waals surface area (Å²) in [5.74, 6) is -0.109. The molecule has 7 heteroatoms. The predicted molar refractivity (Wildman–Crippen MR) is 152 cm³/mol. The molecule has 196 valence electrons. The van der Waals surface area contributed by atoms with Gasteiger partial charge in [0, 0.05) is 54.1 Å². The summed E-state index contributed by atoms with van der Waals surface area (Å²) in [6.45, 7) is 2.60. The molecule has 1 fully saturated rings. The number of aromatic nitrogens is 1. The molecule has 1 aliphatic heterocycles. The van der Waals surface area contributed by atoms with Gasteiger partial charge in [0.1, 0.15) is 0 Å². The second kappa shape index (κ2) is 11.9. The lowest BCUT2D eigenvalue weighted by Crippen LogP contribution is -2.45. The number of hydrogen-bond donors (Lipinski definition) is 2. The quantitative estimate of drug-likeness (QED) is 0.340. The largest absolute Gasteiger partial charge is 0.343 e. The third-order valence-electron chi connectivity index (χ3n) is 7.46. The van der Waals surface area contributed by atoms with Crippen LogP contribution in [0, 0.1) is 0 Å². The second-order valence-corrected chi connectivity index (χ2v) is 10.4. The van der Waals surface area contributed by atoms with Crippen molar-refractivity contribution >= 4 is 34.3 Å². The van der Waals surface area contributed by atoms with Crippen LogP contribution in [0.15, 0.2) is 85.1 Å². The van der Waals surface area contributed by atoms with E-state index < -0.39 is 0 Å². The summed E-state index contributed by atoms with van der Waals surface area (Å²) in [4.78, 5) is 26.7. The molecule has 3 N–H and O–H groups in total. The normalized spacial score (nSPS) is 17.9. The molecule has 0 bridgehead atoms. The molecule has 3 aromatic carbocycles. The van der Waals surface area contributed by atoms with Crippen molar-refractivity contribution in [2.45, 2.75) is 31.2 Å². The van der Waals surface area contributed by atoms with E-state index in [1.165, 1.54) is 16.5 Å². The van der Waals surface area contributed by atoms with Crippen LogP contribution in [0.1, 0.15) is 41.4 Å². The first-order chi connectivity index (χ1) is 18.5. The molecule has 6 nitrogen and oxygen atoms in total. The van der Waals surface area contributed by atoms with Crippen molar-refractivity contribution in [1.29, 1.82) is 0 Å². The number of halogens is 1. The summed E-state index contributed by atoms with van der Waals surface area (Å²) < 4.78 is 2.28. The van der Waals surface area contributed by atoms with Gasteiger partial charge in [-0.2, -0.15) is 0 Å². The zero-order valence-corrected chi connectivity index (χ0v) is 22.1. The summed E-state index contributed by atoms with van der Waals surface area (Å²) in [5.41, 5.74) is 10.3. The molecule has 38 heavy (non-hydrogen) atoms. The minimum absolute atomic E-state index is 0.148. The number of likely N-dealkylation sites (tertiary alicyclic amines) is 1. The molecule has 2 amide bonds. The first-order valence-electron chi connectivity index (χ1n) is 13.1. The van der Waals surface area contributed by atoms with Crippen molar-refractivity contribution in [2.24, 2.45) is 5.73 Å². The van der Waals surface area contributed by atoms with Gasteiger partial charge in [-0.05, 0) is 47.7 Å². The van der Waals surface area contributed by atoms with Gasteiger partial charge >= 0.3 is 0 Å². The summed E-state index contributed by atoms with van der Waals surface area (Å²) in [6.07, 6.45) is 3.33. The van der Waals surface area contributed by atoms with Crippen LogP contribution in [-0.4, -0.2) is 47.5 Å². The van der Waals surface area contributed by atoms with E-state index in [9.17, 15) is 9.59 Å². The van der Waals surface area contributed by atoms with Crippen molar-refractivity contribution in [3.8, 4) is 0 Å². The van der Waals surface area contributed by atoms with Crippen LogP contribution < -0.4 is 11.1 Å². The lowest BCUT2D eigenvalue weighted by molar-refractivity contribution is -0.131. The Kier molecular flexibility index (Phi) is 8.23. The second-order valence-electron chi connectivity index (χ2n) is 9.98. The van der Waals surface area contributed by atoms with Gasteiger partial charge in [0.05, 0.1) is 6.54 Å². The topological polar surface area (TPSA) is 80.4 Å². The molecule has 2 heterocycles. The Labute approximate surface area is 228 Å². The Morgan fingerprint density at radius 3 is 2.45 bits per heavy atom. The van der Waals surface area contributed by atoms with E-state index in [-0.39, 0.29) is 37.2 Å². The van der Waals surface area contributed by atoms with Gasteiger partial charge in [0.15, 0.2) is 0 Å². The maximum atomic E-state index is 12.6. The van der Waals surface area contributed by atoms with E-state index in [4.69, 9.17) is 17.3 Å². The molecule has 0 saturated carbocycles. The van der Waals surface area contributed by atoms with Gasteiger partial charge in [-0.25, -0.2) is 0 Å². The number of amides is 2. The van der Waals surface area contributed by atoms with Gasteiger partial charge in [0.2, 0.25) is 11.8 Å². The molecule has 1 aliphatic rings. The number of nitrogens with one attached hydrogen (secondary N) is 1. The maximum Gasteiger partial charge on any atom is 0.240 e. The van der Waals surface area contributed by atoms with Crippen molar-refractivity contribution < 1.29 is 9.59 Å². The Balaban J connectivity index is 1.48. The minimum atomic E-state index is -0.323. The fourth-order valence-electron chi connectivity index (χ4n) is 5.68. The number of carbonyl (C=O) groups is 2. The monoisotopic (exact) mass is 528 g/mol. The van der Waals surface area contributed by atoms with E-state index in [1.807, 2.05) is 24.3 Å². The summed E-state index contributed by atoms with van der Waals surface area (Å²) in [6, 6.07) is 27.1. The number of rotatable bonds is 8. The predicted octanol–water partition coefficient (Wildman–Crippen LogP) is 4.91. The SMILES string of the molecule is NCCC(=O)NC(=O)CN1CCC(c2ccccc2)C(c2cn(Cc3ccccc3Cl)c3ccccc23)C1. The molecule has 4 aromatic rings. The number of nitrogens with two attached hydrogens (primary N) is 1. The molecule has 0 aliphatic carbocycles. The summed E-state index contributed by atoms with van der Waals surface area (Å²) in [5, 5.41) is 4.45. The van der Waals surface area contributed by atoms with Crippen molar-refractivity contribution in [1.82, 2.24) is 14.8 Å². The van der Waals surface area contributed by atoms with Crippen LogP contribution in [0.2, 0.25) is 5.02 Å². The minimum Gasteiger partial charge on any atom is -0.343 e. The number of hydrogen-bond acceptors (Lipinski definition) is 4. The number of carbonyl (C=O) groups excluding carboxylic acids is 2. The van der Waals surface area contributed by atoms with E-state index in [0.717, 1.165) is 35.6 Å². The number of benzene rings is 3. The van der Waals surface area contributed by atoms with Crippen LogP contribution in [0.5, 0.6) is 0 Å². The number of nitrogens with zero attached hydrogens (tertiary/aromatic N) is 2. The molecule has 0 radical (unpaired) electrons. The zero-order chi connectivity index (χ0) is 26.5. The standard InChI is InChI=1S/C31H33ClN4O2/c32-28-12-6-4-10-23(28)18-36-20-27(25-11-5-7-13-29(25)36)26-19-35(21-31(38)34-30(37)14-16-33)17-15-24(26)22-8-2-1-3-9-22/h1-13,20,24,26H,14-19,21,33H2,(H,34,37,38). The van der Waals surface area contributed by atoms with E-state index >= 15 is 0 Å². The molecule has 2 atom stereocenters. The Hall–Kier alpha value is -3.45. The van der Waals surface area contributed by atoms with E-state index in [1.54, 1.807) is 0 Å². The van der Waals surface area contributed by atoms with Gasteiger partial charge in [0.25, 0.3) is 0 Å². The first kappa shape index (κ1) is 26.2. The molecule has 1 saturated heterocycles. The number of imide groups is 1. The fourth-order valence-corrected chi connectivity index (χ4v) is 5.88. The maximum absolute atomic E-state index is 12.6. The Morgan fingerprint density at radius 2 is 1.66 bits per heavy atom. The zero-order valence-electron chi connectivity index (χ0n) is 21.4. The highest BCUT2D eigenvalue weighted by molar-refractivity contribution is 6.31. The number of para-hydroxylation sites is 1. The number of fused-ring (bicyclic) bond motifs is 1. The van der Waals surface area contributed by atoms with E-state index in [2.05, 4.69) is 75.6 Å². The Bertz CT molecular complexity index is 1420.